The molecule has 2 N–H and O–H groups in total. The minimum absolute atomic E-state index is 0.0779. The summed E-state index contributed by atoms with van der Waals surface area (Å²) in [5.41, 5.74) is 7.34. The van der Waals surface area contributed by atoms with Crippen molar-refractivity contribution in [2.75, 3.05) is 13.1 Å². The van der Waals surface area contributed by atoms with Gasteiger partial charge in [0.25, 0.3) is 5.91 Å². The van der Waals surface area contributed by atoms with Crippen LogP contribution in [-0.4, -0.2) is 44.9 Å². The van der Waals surface area contributed by atoms with E-state index >= 15 is 0 Å². The maximum atomic E-state index is 13.2. The molecule has 1 aromatic carbocycles. The molecular weight excluding hydrogens is 380 g/mol. The Bertz CT molecular complexity index is 843. The molecule has 1 fully saturated rings. The van der Waals surface area contributed by atoms with Crippen LogP contribution in [0, 0.1) is 5.82 Å². The van der Waals surface area contributed by atoms with Crippen LogP contribution in [0.3, 0.4) is 0 Å². The third-order valence-corrected chi connectivity index (χ3v) is 5.78. The average Bonchev–Trinajstić information content (AvgIpc) is 3.02. The number of hydrazine groups is 1. The Balaban J connectivity index is 1.51. The Labute approximate surface area is 160 Å². The summed E-state index contributed by atoms with van der Waals surface area (Å²) in [5.74, 6) is 0.383. The number of carbonyl (C=O) groups is 1. The maximum absolute atomic E-state index is 13.2. The van der Waals surface area contributed by atoms with Gasteiger partial charge in [0, 0.05) is 49.0 Å². The molecule has 26 heavy (non-hydrogen) atoms. The van der Waals surface area contributed by atoms with Gasteiger partial charge in [-0.25, -0.2) is 14.8 Å². The molecule has 6 nitrogen and oxygen atoms in total. The topological polar surface area (TPSA) is 62.2 Å². The maximum Gasteiger partial charge on any atom is 0.253 e. The molecule has 0 radical (unpaired) electrons. The first-order valence-corrected chi connectivity index (χ1v) is 9.22. The van der Waals surface area contributed by atoms with Gasteiger partial charge >= 0.3 is 0 Å². The highest BCUT2D eigenvalue weighted by Crippen LogP contribution is 2.24. The number of fused-ring (bicyclic) bond motifs is 1. The SMILES string of the molecule is O=C1NNCC(N2CCn3c(Cc4ccc(F)cc4Cl)cnc3C2)C1Cl. The quantitative estimate of drug-likeness (QED) is 0.773. The largest absolute Gasteiger partial charge is 0.329 e. The zero-order valence-corrected chi connectivity index (χ0v) is 15.4. The van der Waals surface area contributed by atoms with E-state index < -0.39 is 5.38 Å². The molecule has 2 aromatic rings. The van der Waals surface area contributed by atoms with Gasteiger partial charge in [-0.3, -0.25) is 15.1 Å². The Morgan fingerprint density at radius 2 is 2.19 bits per heavy atom. The molecule has 0 aliphatic carbocycles. The lowest BCUT2D eigenvalue weighted by Gasteiger charge is -2.39. The van der Waals surface area contributed by atoms with E-state index in [1.54, 1.807) is 6.07 Å². The Kier molecular flexibility index (Phi) is 4.88. The lowest BCUT2D eigenvalue weighted by molar-refractivity contribution is -0.125. The van der Waals surface area contributed by atoms with Crippen LogP contribution in [0.1, 0.15) is 17.1 Å². The first kappa shape index (κ1) is 17.7. The number of nitrogens with zero attached hydrogens (tertiary/aromatic N) is 3. The second-order valence-electron chi connectivity index (χ2n) is 6.54. The first-order chi connectivity index (χ1) is 12.5. The van der Waals surface area contributed by atoms with Crippen molar-refractivity contribution in [3.05, 3.63) is 52.3 Å². The highest BCUT2D eigenvalue weighted by molar-refractivity contribution is 6.31. The van der Waals surface area contributed by atoms with Crippen molar-refractivity contribution in [1.82, 2.24) is 25.3 Å². The van der Waals surface area contributed by atoms with Crippen molar-refractivity contribution in [2.24, 2.45) is 0 Å². The molecule has 0 spiro atoms. The van der Waals surface area contributed by atoms with E-state index in [0.29, 0.717) is 24.5 Å². The van der Waals surface area contributed by atoms with Crippen LogP contribution < -0.4 is 10.9 Å². The van der Waals surface area contributed by atoms with Crippen LogP contribution in [0.25, 0.3) is 0 Å². The minimum Gasteiger partial charge on any atom is -0.329 e. The van der Waals surface area contributed by atoms with Crippen LogP contribution in [-0.2, 0) is 24.3 Å². The normalized spacial score (nSPS) is 23.6. The molecule has 1 saturated heterocycles. The molecule has 1 amide bonds. The molecule has 2 aliphatic heterocycles. The number of halogens is 3. The number of benzene rings is 1. The summed E-state index contributed by atoms with van der Waals surface area (Å²) < 4.78 is 15.4. The number of nitrogens with one attached hydrogen (secondary N) is 2. The van der Waals surface area contributed by atoms with E-state index in [4.69, 9.17) is 23.2 Å². The van der Waals surface area contributed by atoms with Crippen LogP contribution in [0.4, 0.5) is 4.39 Å². The van der Waals surface area contributed by atoms with Crippen molar-refractivity contribution in [3.8, 4) is 0 Å². The molecule has 3 heterocycles. The number of rotatable bonds is 3. The summed E-state index contributed by atoms with van der Waals surface area (Å²) in [7, 11) is 0. The second kappa shape index (κ2) is 7.15. The number of alkyl halides is 1. The number of hydrogen-bond donors (Lipinski definition) is 2. The van der Waals surface area contributed by atoms with Gasteiger partial charge in [-0.15, -0.1) is 11.6 Å². The standard InChI is InChI=1S/C17H18Cl2FN5O/c18-13-6-11(20)2-1-10(13)5-12-7-21-15-9-24(3-4-25(12)15)14-8-22-23-17(26)16(14)19/h1-2,6-7,14,16,22H,3-5,8-9H2,(H,23,26). The van der Waals surface area contributed by atoms with Gasteiger partial charge in [0.2, 0.25) is 0 Å². The highest BCUT2D eigenvalue weighted by Gasteiger charge is 2.36. The number of hydrogen-bond acceptors (Lipinski definition) is 4. The fourth-order valence-electron chi connectivity index (χ4n) is 3.53. The fourth-order valence-corrected chi connectivity index (χ4v) is 4.07. The molecule has 2 aliphatic rings. The predicted octanol–water partition coefficient (Wildman–Crippen LogP) is 1.69. The third-order valence-electron chi connectivity index (χ3n) is 4.94. The van der Waals surface area contributed by atoms with Crippen molar-refractivity contribution in [1.29, 1.82) is 0 Å². The molecule has 9 heteroatoms. The van der Waals surface area contributed by atoms with Gasteiger partial charge < -0.3 is 4.57 Å². The molecular formula is C17H18Cl2FN5O. The lowest BCUT2D eigenvalue weighted by atomic mass is 10.1. The molecule has 2 unspecified atom stereocenters. The molecule has 1 aromatic heterocycles. The number of imidazole rings is 1. The minimum atomic E-state index is -0.588. The summed E-state index contributed by atoms with van der Waals surface area (Å²) in [6.45, 7) is 2.75. The summed E-state index contributed by atoms with van der Waals surface area (Å²) in [4.78, 5) is 18.5. The number of aromatic nitrogens is 2. The third kappa shape index (κ3) is 3.32. The van der Waals surface area contributed by atoms with Crippen molar-refractivity contribution >= 4 is 29.1 Å². The smallest absolute Gasteiger partial charge is 0.253 e. The van der Waals surface area contributed by atoms with Crippen LogP contribution in [0.15, 0.2) is 24.4 Å². The van der Waals surface area contributed by atoms with E-state index in [1.165, 1.54) is 12.1 Å². The highest BCUT2D eigenvalue weighted by atomic mass is 35.5. The molecule has 0 saturated carbocycles. The van der Waals surface area contributed by atoms with Gasteiger partial charge in [-0.2, -0.15) is 0 Å². The lowest BCUT2D eigenvalue weighted by Crippen LogP contribution is -2.62. The van der Waals surface area contributed by atoms with E-state index in [9.17, 15) is 9.18 Å². The number of carbonyl (C=O) groups excluding carboxylic acids is 1. The van der Waals surface area contributed by atoms with Crippen molar-refractivity contribution in [3.63, 3.8) is 0 Å². The molecule has 2 atom stereocenters. The Hall–Kier alpha value is -1.67. The van der Waals surface area contributed by atoms with Gasteiger partial charge in [-0.05, 0) is 17.7 Å². The van der Waals surface area contributed by atoms with Crippen LogP contribution in [0.5, 0.6) is 0 Å². The fraction of sp³-hybridized carbons (Fsp3) is 0.412. The first-order valence-electron chi connectivity index (χ1n) is 8.41. The Morgan fingerprint density at radius 1 is 1.35 bits per heavy atom. The van der Waals surface area contributed by atoms with E-state index in [2.05, 4.69) is 25.3 Å². The molecule has 0 bridgehead atoms. The van der Waals surface area contributed by atoms with Crippen molar-refractivity contribution in [2.45, 2.75) is 30.9 Å². The van der Waals surface area contributed by atoms with Gasteiger partial charge in [0.05, 0.1) is 6.54 Å². The summed E-state index contributed by atoms with van der Waals surface area (Å²) in [5, 5.41) is -0.169. The second-order valence-corrected chi connectivity index (χ2v) is 7.42. The van der Waals surface area contributed by atoms with Crippen LogP contribution in [0.2, 0.25) is 5.02 Å². The van der Waals surface area contributed by atoms with Gasteiger partial charge in [0.15, 0.2) is 0 Å². The monoisotopic (exact) mass is 397 g/mol. The molecule has 138 valence electrons. The number of amides is 1. The Morgan fingerprint density at radius 3 is 3.00 bits per heavy atom. The van der Waals surface area contributed by atoms with Gasteiger partial charge in [0.1, 0.15) is 17.0 Å². The van der Waals surface area contributed by atoms with Gasteiger partial charge in [-0.1, -0.05) is 17.7 Å². The molecule has 4 rings (SSSR count). The summed E-state index contributed by atoms with van der Waals surface area (Å²) in [6.07, 6.45) is 2.43. The van der Waals surface area contributed by atoms with E-state index in [1.807, 2.05) is 6.20 Å². The van der Waals surface area contributed by atoms with Crippen molar-refractivity contribution < 1.29 is 9.18 Å². The predicted molar refractivity (Wildman–Crippen MR) is 96.4 cm³/mol. The van der Waals surface area contributed by atoms with E-state index in [0.717, 1.165) is 30.2 Å². The van der Waals surface area contributed by atoms with E-state index in [-0.39, 0.29) is 17.8 Å². The summed E-state index contributed by atoms with van der Waals surface area (Å²) in [6, 6.07) is 4.37. The van der Waals surface area contributed by atoms with Crippen LogP contribution >= 0.6 is 23.2 Å². The summed E-state index contributed by atoms with van der Waals surface area (Å²) >= 11 is 12.4. The zero-order valence-electron chi connectivity index (χ0n) is 13.9. The average molecular weight is 398 g/mol. The zero-order chi connectivity index (χ0) is 18.3.